The first-order valence-electron chi connectivity index (χ1n) is 8.44. The maximum atomic E-state index is 12.3. The second-order valence-electron chi connectivity index (χ2n) is 5.85. The molecule has 0 amide bonds. The Kier molecular flexibility index (Phi) is 8.22. The first-order valence-corrected chi connectivity index (χ1v) is 12.5. The molecule has 0 aliphatic carbocycles. The van der Waals surface area contributed by atoms with Crippen LogP contribution in [0.2, 0.25) is 0 Å². The second-order valence-corrected chi connectivity index (χ2v) is 10.6. The summed E-state index contributed by atoms with van der Waals surface area (Å²) in [5.41, 5.74) is 11.0. The van der Waals surface area contributed by atoms with Crippen LogP contribution in [0.25, 0.3) is 10.1 Å². The predicted octanol–water partition coefficient (Wildman–Crippen LogP) is 0.770. The topological polar surface area (TPSA) is 174 Å². The molecule has 158 valence electrons. The summed E-state index contributed by atoms with van der Waals surface area (Å²) in [7, 11) is -8.57. The molecule has 2 rings (SSSR count). The van der Waals surface area contributed by atoms with Gasteiger partial charge in [0, 0.05) is 10.8 Å². The van der Waals surface area contributed by atoms with Gasteiger partial charge in [0.25, 0.3) is 10.0 Å². The summed E-state index contributed by atoms with van der Waals surface area (Å²) in [5.74, 6) is 0.926. The highest BCUT2D eigenvalue weighted by molar-refractivity contribution is 7.92. The summed E-state index contributed by atoms with van der Waals surface area (Å²) in [5, 5.41) is 0.607. The molecule has 13 heteroatoms. The Balaban J connectivity index is 2.33. The molecule has 0 atom stereocenters. The van der Waals surface area contributed by atoms with Gasteiger partial charge in [-0.1, -0.05) is 0 Å². The van der Waals surface area contributed by atoms with Gasteiger partial charge in [-0.3, -0.25) is 4.57 Å². The highest BCUT2D eigenvalue weighted by Crippen LogP contribution is 2.39. The van der Waals surface area contributed by atoms with Crippen molar-refractivity contribution in [3.63, 3.8) is 0 Å². The molecule has 7 N–H and O–H groups in total. The number of ether oxygens (including phenoxy) is 2. The molecule has 10 nitrogen and oxygen atoms in total. The summed E-state index contributed by atoms with van der Waals surface area (Å²) in [6.45, 7) is 1.71. The number of nitrogens with two attached hydrogens (primary N) is 2. The van der Waals surface area contributed by atoms with Crippen molar-refractivity contribution in [3.8, 4) is 11.5 Å². The summed E-state index contributed by atoms with van der Waals surface area (Å²) in [4.78, 5) is 17.8. The Morgan fingerprint density at radius 3 is 2.14 bits per heavy atom. The number of rotatable bonds is 12. The van der Waals surface area contributed by atoms with Crippen molar-refractivity contribution in [1.29, 1.82) is 0 Å². The normalized spacial score (nSPS) is 12.4. The van der Waals surface area contributed by atoms with Gasteiger partial charge in [-0.2, -0.15) is 4.72 Å². The average molecular weight is 453 g/mol. The van der Waals surface area contributed by atoms with Gasteiger partial charge in [0.2, 0.25) is 0 Å². The van der Waals surface area contributed by atoms with Gasteiger partial charge in [-0.25, -0.2) is 8.42 Å². The molecule has 1 aromatic heterocycles. The first-order chi connectivity index (χ1) is 13.2. The lowest BCUT2D eigenvalue weighted by molar-refractivity contribution is 0.266. The second kappa shape index (κ2) is 9.99. The standard InChI is InChI=1S/C15H24N3O7PS2/c16-3-1-5-24-12-7-11-8-15(28(22,23)18-10-26(19,20)21)27-14(11)9-13(12)25-6-2-4-17/h7-9,18H,1-6,10,16-17H2,(H2,19,20,21). The van der Waals surface area contributed by atoms with Crippen molar-refractivity contribution in [3.05, 3.63) is 18.2 Å². The Bertz CT molecular complexity index is 896. The average Bonchev–Trinajstić information content (AvgIpc) is 3.04. The van der Waals surface area contributed by atoms with E-state index in [2.05, 4.69) is 0 Å². The third kappa shape index (κ3) is 6.68. The van der Waals surface area contributed by atoms with E-state index in [0.717, 1.165) is 11.3 Å². The van der Waals surface area contributed by atoms with Gasteiger partial charge in [-0.05, 0) is 43.5 Å². The number of thiophene rings is 1. The molecular formula is C15H24N3O7PS2. The Morgan fingerprint density at radius 1 is 1.04 bits per heavy atom. The molecule has 1 aromatic carbocycles. The number of benzene rings is 1. The molecule has 0 aliphatic heterocycles. The minimum absolute atomic E-state index is 0.0667. The highest BCUT2D eigenvalue weighted by Gasteiger charge is 2.23. The van der Waals surface area contributed by atoms with Crippen LogP contribution in [0, 0.1) is 0 Å². The lowest BCUT2D eigenvalue weighted by Crippen LogP contribution is -2.23. The first kappa shape index (κ1) is 23.0. The van der Waals surface area contributed by atoms with Crippen LogP contribution in [0.1, 0.15) is 12.8 Å². The maximum absolute atomic E-state index is 12.3. The molecule has 0 radical (unpaired) electrons. The van der Waals surface area contributed by atoms with E-state index >= 15 is 0 Å². The van der Waals surface area contributed by atoms with E-state index in [1.807, 2.05) is 4.72 Å². The highest BCUT2D eigenvalue weighted by atomic mass is 32.2. The van der Waals surface area contributed by atoms with Crippen LogP contribution in [0.5, 0.6) is 11.5 Å². The molecule has 2 aromatic rings. The SMILES string of the molecule is NCCCOc1cc2cc(S(=O)(=O)NCP(=O)(O)O)sc2cc1OCCCN. The van der Waals surface area contributed by atoms with Gasteiger partial charge >= 0.3 is 7.60 Å². The van der Waals surface area contributed by atoms with Crippen LogP contribution in [0.3, 0.4) is 0 Å². The molecule has 0 spiro atoms. The van der Waals surface area contributed by atoms with Gasteiger partial charge in [0.05, 0.1) is 13.2 Å². The van der Waals surface area contributed by atoms with Crippen molar-refractivity contribution >= 4 is 39.0 Å². The van der Waals surface area contributed by atoms with E-state index in [4.69, 9.17) is 30.7 Å². The zero-order valence-electron chi connectivity index (χ0n) is 15.0. The van der Waals surface area contributed by atoms with Crippen molar-refractivity contribution in [1.82, 2.24) is 4.72 Å². The molecule has 0 saturated heterocycles. The fourth-order valence-electron chi connectivity index (χ4n) is 2.15. The maximum Gasteiger partial charge on any atom is 0.340 e. The number of nitrogens with one attached hydrogen (secondary N) is 1. The van der Waals surface area contributed by atoms with Crippen LogP contribution in [-0.4, -0.2) is 50.8 Å². The van der Waals surface area contributed by atoms with Gasteiger partial charge < -0.3 is 30.7 Å². The molecule has 0 fully saturated rings. The molecule has 0 aliphatic rings. The summed E-state index contributed by atoms with van der Waals surface area (Å²) in [6.07, 6.45) is 0.330. The fourth-order valence-corrected chi connectivity index (χ4v) is 5.62. The number of hydrogen-bond acceptors (Lipinski definition) is 8. The zero-order valence-corrected chi connectivity index (χ0v) is 17.6. The Hall–Kier alpha value is -1.24. The van der Waals surface area contributed by atoms with E-state index in [9.17, 15) is 13.0 Å². The minimum atomic E-state index is -4.51. The summed E-state index contributed by atoms with van der Waals surface area (Å²) >= 11 is 0.962. The Labute approximate surface area is 167 Å². The number of hydrogen-bond donors (Lipinski definition) is 5. The van der Waals surface area contributed by atoms with E-state index < -0.39 is 23.9 Å². The predicted molar refractivity (Wildman–Crippen MR) is 107 cm³/mol. The van der Waals surface area contributed by atoms with Crippen LogP contribution in [0.15, 0.2) is 22.4 Å². The van der Waals surface area contributed by atoms with E-state index in [1.165, 1.54) is 6.07 Å². The van der Waals surface area contributed by atoms with E-state index in [0.29, 0.717) is 60.7 Å². The smallest absolute Gasteiger partial charge is 0.340 e. The van der Waals surface area contributed by atoms with Gasteiger partial charge in [0.1, 0.15) is 10.5 Å². The summed E-state index contributed by atoms with van der Waals surface area (Å²) < 4.78 is 49.4. The quantitative estimate of drug-likeness (QED) is 0.230. The monoisotopic (exact) mass is 453 g/mol. The fraction of sp³-hybridized carbons (Fsp3) is 0.467. The zero-order chi connectivity index (χ0) is 20.8. The minimum Gasteiger partial charge on any atom is -0.490 e. The van der Waals surface area contributed by atoms with E-state index in [-0.39, 0.29) is 4.21 Å². The molecule has 1 heterocycles. The van der Waals surface area contributed by atoms with E-state index in [1.54, 1.807) is 12.1 Å². The van der Waals surface area contributed by atoms with Crippen LogP contribution < -0.4 is 25.7 Å². The third-order valence-electron chi connectivity index (χ3n) is 3.50. The molecule has 28 heavy (non-hydrogen) atoms. The van der Waals surface area contributed by atoms with Gasteiger partial charge in [0.15, 0.2) is 11.5 Å². The third-order valence-corrected chi connectivity index (χ3v) is 7.25. The van der Waals surface area contributed by atoms with Crippen LogP contribution in [-0.2, 0) is 14.6 Å². The molecular weight excluding hydrogens is 429 g/mol. The summed E-state index contributed by atoms with van der Waals surface area (Å²) in [6, 6.07) is 4.76. The van der Waals surface area contributed by atoms with Crippen LogP contribution >= 0.6 is 18.9 Å². The van der Waals surface area contributed by atoms with Gasteiger partial charge in [-0.15, -0.1) is 11.3 Å². The van der Waals surface area contributed by atoms with Crippen LogP contribution in [0.4, 0.5) is 0 Å². The molecule has 0 saturated carbocycles. The van der Waals surface area contributed by atoms with Crippen molar-refractivity contribution in [2.45, 2.75) is 17.1 Å². The molecule has 0 bridgehead atoms. The number of sulfonamides is 1. The lowest BCUT2D eigenvalue weighted by Gasteiger charge is -2.12. The number of fused-ring (bicyclic) bond motifs is 1. The molecule has 0 unspecified atom stereocenters. The van der Waals surface area contributed by atoms with Crippen molar-refractivity contribution in [2.75, 3.05) is 32.6 Å². The Morgan fingerprint density at radius 2 is 1.61 bits per heavy atom. The van der Waals surface area contributed by atoms with Crippen molar-refractivity contribution in [2.24, 2.45) is 11.5 Å². The lowest BCUT2D eigenvalue weighted by atomic mass is 10.2. The van der Waals surface area contributed by atoms with Crippen molar-refractivity contribution < 1.29 is 32.2 Å². The largest absolute Gasteiger partial charge is 0.490 e.